The van der Waals surface area contributed by atoms with Crippen molar-refractivity contribution in [2.24, 2.45) is 0 Å². The zero-order chi connectivity index (χ0) is 13.1. The highest BCUT2D eigenvalue weighted by molar-refractivity contribution is 9.08. The minimum atomic E-state index is -0.255. The second-order valence-corrected chi connectivity index (χ2v) is 4.78. The van der Waals surface area contributed by atoms with Gasteiger partial charge < -0.3 is 4.74 Å². The second kappa shape index (κ2) is 5.53. The number of halogens is 2. The minimum absolute atomic E-state index is 0.255. The molecule has 0 radical (unpaired) electrons. The molecule has 3 heteroatoms. The summed E-state index contributed by atoms with van der Waals surface area (Å²) in [6, 6.07) is 10.8. The van der Waals surface area contributed by atoms with Crippen LogP contribution in [0.2, 0.25) is 0 Å². The lowest BCUT2D eigenvalue weighted by molar-refractivity contribution is 0.467. The molecule has 0 unspecified atom stereocenters. The minimum Gasteiger partial charge on any atom is -0.457 e. The predicted octanol–water partition coefficient (Wildman–Crippen LogP) is 5.13. The van der Waals surface area contributed by atoms with E-state index in [0.717, 1.165) is 11.3 Å². The van der Waals surface area contributed by atoms with E-state index >= 15 is 0 Å². The number of hydrogen-bond acceptors (Lipinski definition) is 1. The molecular weight excluding hydrogens is 295 g/mol. The maximum atomic E-state index is 13.6. The molecule has 0 atom stereocenters. The highest BCUT2D eigenvalue weighted by Crippen LogP contribution is 2.30. The number of alkyl halides is 1. The van der Waals surface area contributed by atoms with Crippen molar-refractivity contribution in [3.8, 4) is 11.5 Å². The van der Waals surface area contributed by atoms with Gasteiger partial charge in [0.15, 0.2) is 0 Å². The standard InChI is InChI=1S/C15H14BrFO/c1-10-6-7-14(11(2)8-10)18-15-5-3-4-13(17)12(15)9-16/h3-8H,9H2,1-2H3. The van der Waals surface area contributed by atoms with Crippen molar-refractivity contribution in [1.82, 2.24) is 0 Å². The fourth-order valence-electron chi connectivity index (χ4n) is 1.80. The van der Waals surface area contributed by atoms with Crippen LogP contribution in [0, 0.1) is 19.7 Å². The van der Waals surface area contributed by atoms with Crippen molar-refractivity contribution < 1.29 is 9.13 Å². The van der Waals surface area contributed by atoms with Crippen LogP contribution in [0.3, 0.4) is 0 Å². The molecule has 2 aromatic rings. The number of rotatable bonds is 3. The van der Waals surface area contributed by atoms with E-state index < -0.39 is 0 Å². The number of ether oxygens (including phenoxy) is 1. The predicted molar refractivity (Wildman–Crippen MR) is 75.0 cm³/mol. The molecule has 0 aliphatic heterocycles. The van der Waals surface area contributed by atoms with Gasteiger partial charge in [-0.2, -0.15) is 0 Å². The van der Waals surface area contributed by atoms with Gasteiger partial charge in [0.2, 0.25) is 0 Å². The molecule has 0 bridgehead atoms. The summed E-state index contributed by atoms with van der Waals surface area (Å²) in [5.41, 5.74) is 2.76. The fraction of sp³-hybridized carbons (Fsp3) is 0.200. The summed E-state index contributed by atoms with van der Waals surface area (Å²) in [6.07, 6.45) is 0. The maximum absolute atomic E-state index is 13.6. The van der Waals surface area contributed by atoms with Gasteiger partial charge in [-0.1, -0.05) is 39.7 Å². The average molecular weight is 309 g/mol. The molecule has 0 heterocycles. The van der Waals surface area contributed by atoms with Crippen LogP contribution in [-0.4, -0.2) is 0 Å². The summed E-state index contributed by atoms with van der Waals surface area (Å²) >= 11 is 3.28. The summed E-state index contributed by atoms with van der Waals surface area (Å²) in [5, 5.41) is 0.430. The first kappa shape index (κ1) is 13.1. The van der Waals surface area contributed by atoms with Crippen molar-refractivity contribution in [3.63, 3.8) is 0 Å². The lowest BCUT2D eigenvalue weighted by Crippen LogP contribution is -1.94. The Bertz CT molecular complexity index is 566. The summed E-state index contributed by atoms with van der Waals surface area (Å²) in [7, 11) is 0. The SMILES string of the molecule is Cc1ccc(Oc2cccc(F)c2CBr)c(C)c1. The molecule has 0 fully saturated rings. The molecule has 2 aromatic carbocycles. The lowest BCUT2D eigenvalue weighted by atomic mass is 10.1. The summed E-state index contributed by atoms with van der Waals surface area (Å²) in [4.78, 5) is 0. The molecule has 1 nitrogen and oxygen atoms in total. The Morgan fingerprint density at radius 3 is 2.56 bits per heavy atom. The quantitative estimate of drug-likeness (QED) is 0.714. The van der Waals surface area contributed by atoms with Gasteiger partial charge in [-0.25, -0.2) is 4.39 Å². The van der Waals surface area contributed by atoms with Crippen molar-refractivity contribution in [1.29, 1.82) is 0 Å². The first-order chi connectivity index (χ1) is 8.61. The molecule has 94 valence electrons. The van der Waals surface area contributed by atoms with Crippen molar-refractivity contribution >= 4 is 15.9 Å². The third-order valence-electron chi connectivity index (χ3n) is 2.76. The van der Waals surface area contributed by atoms with Crippen LogP contribution in [0.5, 0.6) is 11.5 Å². The van der Waals surface area contributed by atoms with Gasteiger partial charge in [0.05, 0.1) is 0 Å². The largest absolute Gasteiger partial charge is 0.457 e. The molecule has 0 spiro atoms. The molecule has 0 aliphatic carbocycles. The van der Waals surface area contributed by atoms with Crippen LogP contribution in [0.1, 0.15) is 16.7 Å². The smallest absolute Gasteiger partial charge is 0.134 e. The van der Waals surface area contributed by atoms with E-state index in [0.29, 0.717) is 16.6 Å². The molecule has 18 heavy (non-hydrogen) atoms. The topological polar surface area (TPSA) is 9.23 Å². The highest BCUT2D eigenvalue weighted by atomic mass is 79.9. The molecule has 0 amide bonds. The van der Waals surface area contributed by atoms with Crippen molar-refractivity contribution in [3.05, 3.63) is 58.9 Å². The Kier molecular flexibility index (Phi) is 4.02. The molecule has 0 aliphatic rings. The molecule has 0 saturated heterocycles. The summed E-state index contributed by atoms with van der Waals surface area (Å²) in [5.74, 6) is 1.06. The monoisotopic (exact) mass is 308 g/mol. The number of aryl methyl sites for hydroxylation is 2. The Labute approximate surface area is 115 Å². The Morgan fingerprint density at radius 1 is 1.11 bits per heavy atom. The Hall–Kier alpha value is -1.35. The molecule has 0 N–H and O–H groups in total. The van der Waals surface area contributed by atoms with Crippen LogP contribution in [0.4, 0.5) is 4.39 Å². The van der Waals surface area contributed by atoms with Gasteiger partial charge >= 0.3 is 0 Å². The Morgan fingerprint density at radius 2 is 1.89 bits per heavy atom. The zero-order valence-electron chi connectivity index (χ0n) is 10.3. The van der Waals surface area contributed by atoms with Crippen LogP contribution in [-0.2, 0) is 5.33 Å². The van der Waals surface area contributed by atoms with E-state index in [1.807, 2.05) is 32.0 Å². The molecule has 0 aromatic heterocycles. The summed E-state index contributed by atoms with van der Waals surface area (Å²) < 4.78 is 19.4. The van der Waals surface area contributed by atoms with E-state index in [9.17, 15) is 4.39 Å². The first-order valence-corrected chi connectivity index (χ1v) is 6.82. The molecule has 0 saturated carbocycles. The lowest BCUT2D eigenvalue weighted by Gasteiger charge is -2.12. The van der Waals surface area contributed by atoms with Gasteiger partial charge in [0.1, 0.15) is 17.3 Å². The highest BCUT2D eigenvalue weighted by Gasteiger charge is 2.10. The zero-order valence-corrected chi connectivity index (χ0v) is 11.9. The Balaban J connectivity index is 2.37. The average Bonchev–Trinajstić information content (AvgIpc) is 2.33. The third-order valence-corrected chi connectivity index (χ3v) is 3.32. The first-order valence-electron chi connectivity index (χ1n) is 5.70. The van der Waals surface area contributed by atoms with E-state index in [4.69, 9.17) is 4.74 Å². The van der Waals surface area contributed by atoms with Crippen LogP contribution in [0.15, 0.2) is 36.4 Å². The van der Waals surface area contributed by atoms with E-state index in [1.54, 1.807) is 12.1 Å². The van der Waals surface area contributed by atoms with E-state index in [2.05, 4.69) is 15.9 Å². The van der Waals surface area contributed by atoms with E-state index in [-0.39, 0.29) is 5.82 Å². The van der Waals surface area contributed by atoms with Crippen LogP contribution in [0.25, 0.3) is 0 Å². The van der Waals surface area contributed by atoms with Crippen molar-refractivity contribution in [2.75, 3.05) is 0 Å². The third kappa shape index (κ3) is 2.72. The molecule has 2 rings (SSSR count). The van der Waals surface area contributed by atoms with Crippen molar-refractivity contribution in [2.45, 2.75) is 19.2 Å². The van der Waals surface area contributed by atoms with Crippen LogP contribution < -0.4 is 4.74 Å². The van der Waals surface area contributed by atoms with Gasteiger partial charge in [-0.05, 0) is 37.6 Å². The molecular formula is C15H14BrFO. The van der Waals surface area contributed by atoms with Gasteiger partial charge in [-0.15, -0.1) is 0 Å². The van der Waals surface area contributed by atoms with E-state index in [1.165, 1.54) is 11.6 Å². The van der Waals surface area contributed by atoms with Gasteiger partial charge in [-0.3, -0.25) is 0 Å². The fourth-order valence-corrected chi connectivity index (χ4v) is 2.34. The maximum Gasteiger partial charge on any atom is 0.134 e. The second-order valence-electron chi connectivity index (χ2n) is 4.22. The van der Waals surface area contributed by atoms with Gasteiger partial charge in [0.25, 0.3) is 0 Å². The van der Waals surface area contributed by atoms with Crippen LogP contribution >= 0.6 is 15.9 Å². The number of benzene rings is 2. The number of hydrogen-bond donors (Lipinski definition) is 0. The summed E-state index contributed by atoms with van der Waals surface area (Å²) in [6.45, 7) is 4.01. The van der Waals surface area contributed by atoms with Gasteiger partial charge in [0, 0.05) is 10.9 Å². The normalized spacial score (nSPS) is 10.4.